The van der Waals surface area contributed by atoms with Crippen molar-refractivity contribution in [3.63, 3.8) is 0 Å². The van der Waals surface area contributed by atoms with Crippen LogP contribution in [0.15, 0.2) is 34.2 Å². The molecule has 0 aliphatic rings. The molecule has 0 unspecified atom stereocenters. The first kappa shape index (κ1) is 19.0. The van der Waals surface area contributed by atoms with E-state index < -0.39 is 11.9 Å². The highest BCUT2D eigenvalue weighted by Gasteiger charge is 2.17. The van der Waals surface area contributed by atoms with Crippen LogP contribution in [-0.2, 0) is 4.79 Å². The molecular formula is C17H22N4O3S. The molecule has 8 heteroatoms. The standard InChI is InChI=1S/C17H22N4O3S/c1-4-11(3)21-15(23)12-8-6-7-9-13(12)19-17(21)25-10-14(22)20-16(24)18-5-2/h6-9,11H,4-5,10H2,1-3H3,(H2,18,20,22,24)/t11-/m1/s1. The molecule has 0 aliphatic carbocycles. The van der Waals surface area contributed by atoms with Crippen molar-refractivity contribution in [2.75, 3.05) is 12.3 Å². The highest BCUT2D eigenvalue weighted by Crippen LogP contribution is 2.22. The fraction of sp³-hybridized carbons (Fsp3) is 0.412. The van der Waals surface area contributed by atoms with Crippen LogP contribution in [0.3, 0.4) is 0 Å². The van der Waals surface area contributed by atoms with Crippen LogP contribution in [0.5, 0.6) is 0 Å². The minimum absolute atomic E-state index is 0.00164. The number of benzene rings is 1. The summed E-state index contributed by atoms with van der Waals surface area (Å²) in [6.07, 6.45) is 0.762. The number of urea groups is 1. The van der Waals surface area contributed by atoms with E-state index in [1.807, 2.05) is 19.9 Å². The number of rotatable bonds is 6. The van der Waals surface area contributed by atoms with Gasteiger partial charge in [-0.05, 0) is 32.4 Å². The first-order valence-corrected chi connectivity index (χ1v) is 9.18. The second-order valence-corrected chi connectivity index (χ2v) is 6.48. The molecule has 2 N–H and O–H groups in total. The number of hydrogen-bond acceptors (Lipinski definition) is 5. The summed E-state index contributed by atoms with van der Waals surface area (Å²) in [7, 11) is 0. The van der Waals surface area contributed by atoms with E-state index in [0.29, 0.717) is 22.6 Å². The van der Waals surface area contributed by atoms with Gasteiger partial charge in [-0.15, -0.1) is 0 Å². The molecule has 0 spiro atoms. The van der Waals surface area contributed by atoms with Crippen LogP contribution in [0.1, 0.15) is 33.2 Å². The van der Waals surface area contributed by atoms with Crippen LogP contribution in [0.25, 0.3) is 10.9 Å². The quantitative estimate of drug-likeness (QED) is 0.608. The van der Waals surface area contributed by atoms with E-state index in [4.69, 9.17) is 0 Å². The Hall–Kier alpha value is -2.35. The Labute approximate surface area is 150 Å². The number of fused-ring (bicyclic) bond motifs is 1. The lowest BCUT2D eigenvalue weighted by Crippen LogP contribution is -2.40. The van der Waals surface area contributed by atoms with Gasteiger partial charge in [0.1, 0.15) is 0 Å². The fourth-order valence-corrected chi connectivity index (χ4v) is 3.19. The van der Waals surface area contributed by atoms with Crippen LogP contribution in [-0.4, -0.2) is 33.8 Å². The number of aromatic nitrogens is 2. The van der Waals surface area contributed by atoms with Gasteiger partial charge in [0.25, 0.3) is 5.56 Å². The monoisotopic (exact) mass is 362 g/mol. The summed E-state index contributed by atoms with van der Waals surface area (Å²) in [6, 6.07) is 6.57. The summed E-state index contributed by atoms with van der Waals surface area (Å²) in [5.74, 6) is -0.438. The maximum Gasteiger partial charge on any atom is 0.321 e. The number of amides is 3. The van der Waals surface area contributed by atoms with Gasteiger partial charge < -0.3 is 5.32 Å². The smallest absolute Gasteiger partial charge is 0.321 e. The minimum atomic E-state index is -0.529. The SMILES string of the molecule is CCNC(=O)NC(=O)CSc1nc2ccccc2c(=O)n1[C@H](C)CC. The molecule has 134 valence electrons. The third-order valence-corrected chi connectivity index (χ3v) is 4.68. The topological polar surface area (TPSA) is 93.1 Å². The maximum absolute atomic E-state index is 12.8. The summed E-state index contributed by atoms with van der Waals surface area (Å²) >= 11 is 1.15. The van der Waals surface area contributed by atoms with Crippen molar-refractivity contribution in [2.45, 2.75) is 38.4 Å². The zero-order valence-electron chi connectivity index (χ0n) is 14.5. The number of carbonyl (C=O) groups excluding carboxylic acids is 2. The summed E-state index contributed by atoms with van der Waals surface area (Å²) < 4.78 is 1.62. The second-order valence-electron chi connectivity index (χ2n) is 5.54. The summed E-state index contributed by atoms with van der Waals surface area (Å²) in [5.41, 5.74) is 0.477. The van der Waals surface area contributed by atoms with Crippen molar-refractivity contribution in [3.05, 3.63) is 34.6 Å². The molecule has 0 aliphatic heterocycles. The Kier molecular flexibility index (Phi) is 6.58. The zero-order chi connectivity index (χ0) is 18.4. The second kappa shape index (κ2) is 8.66. The Balaban J connectivity index is 2.28. The van der Waals surface area contributed by atoms with Gasteiger partial charge in [-0.2, -0.15) is 0 Å². The van der Waals surface area contributed by atoms with E-state index in [1.165, 1.54) is 0 Å². The molecule has 1 heterocycles. The molecular weight excluding hydrogens is 340 g/mol. The van der Waals surface area contributed by atoms with Gasteiger partial charge in [-0.1, -0.05) is 30.8 Å². The lowest BCUT2D eigenvalue weighted by atomic mass is 10.2. The number of carbonyl (C=O) groups is 2. The predicted molar refractivity (Wildman–Crippen MR) is 98.9 cm³/mol. The third kappa shape index (κ3) is 4.60. The highest BCUT2D eigenvalue weighted by atomic mass is 32.2. The van der Waals surface area contributed by atoms with E-state index >= 15 is 0 Å². The summed E-state index contributed by atoms with van der Waals surface area (Å²) in [5, 5.41) is 5.77. The van der Waals surface area contributed by atoms with Crippen molar-refractivity contribution in [2.24, 2.45) is 0 Å². The molecule has 1 aromatic carbocycles. The Morgan fingerprint density at radius 2 is 2.00 bits per heavy atom. The van der Waals surface area contributed by atoms with Gasteiger partial charge in [0, 0.05) is 12.6 Å². The maximum atomic E-state index is 12.8. The van der Waals surface area contributed by atoms with Crippen LogP contribution < -0.4 is 16.2 Å². The lowest BCUT2D eigenvalue weighted by molar-refractivity contribution is -0.117. The molecule has 3 amide bonds. The number of para-hydroxylation sites is 1. The highest BCUT2D eigenvalue weighted by molar-refractivity contribution is 7.99. The summed E-state index contributed by atoms with van der Waals surface area (Å²) in [6.45, 7) is 6.13. The minimum Gasteiger partial charge on any atom is -0.338 e. The van der Waals surface area contributed by atoms with E-state index in [2.05, 4.69) is 15.6 Å². The Morgan fingerprint density at radius 3 is 2.68 bits per heavy atom. The molecule has 1 atom stereocenters. The van der Waals surface area contributed by atoms with Crippen LogP contribution >= 0.6 is 11.8 Å². The number of imide groups is 1. The van der Waals surface area contributed by atoms with Gasteiger partial charge in [0.15, 0.2) is 5.16 Å². The van der Waals surface area contributed by atoms with E-state index in [-0.39, 0.29) is 17.4 Å². The first-order valence-electron chi connectivity index (χ1n) is 8.19. The van der Waals surface area contributed by atoms with Gasteiger partial charge in [0.05, 0.1) is 16.7 Å². The van der Waals surface area contributed by atoms with Crippen LogP contribution in [0.4, 0.5) is 4.79 Å². The third-order valence-electron chi connectivity index (χ3n) is 3.73. The lowest BCUT2D eigenvalue weighted by Gasteiger charge is -2.18. The molecule has 1 aromatic heterocycles. The van der Waals surface area contributed by atoms with E-state index in [0.717, 1.165) is 18.2 Å². The van der Waals surface area contributed by atoms with Gasteiger partial charge in [-0.3, -0.25) is 19.5 Å². The number of hydrogen-bond donors (Lipinski definition) is 2. The van der Waals surface area contributed by atoms with Crippen molar-refractivity contribution in [3.8, 4) is 0 Å². The number of nitrogens with zero attached hydrogens (tertiary/aromatic N) is 2. The summed E-state index contributed by atoms with van der Waals surface area (Å²) in [4.78, 5) is 40.6. The normalized spacial score (nSPS) is 12.0. The molecule has 0 fully saturated rings. The largest absolute Gasteiger partial charge is 0.338 e. The van der Waals surface area contributed by atoms with Gasteiger partial charge in [0.2, 0.25) is 5.91 Å². The molecule has 7 nitrogen and oxygen atoms in total. The average molecular weight is 362 g/mol. The molecule has 2 aromatic rings. The average Bonchev–Trinajstić information content (AvgIpc) is 2.59. The number of nitrogens with one attached hydrogen (secondary N) is 2. The molecule has 0 saturated carbocycles. The number of thioether (sulfide) groups is 1. The molecule has 25 heavy (non-hydrogen) atoms. The first-order chi connectivity index (χ1) is 12.0. The fourth-order valence-electron chi connectivity index (χ4n) is 2.30. The predicted octanol–water partition coefficient (Wildman–Crippen LogP) is 2.31. The molecule has 0 saturated heterocycles. The Bertz CT molecular complexity index is 834. The van der Waals surface area contributed by atoms with E-state index in [1.54, 1.807) is 29.7 Å². The molecule has 0 bridgehead atoms. The van der Waals surface area contributed by atoms with Crippen molar-refractivity contribution in [1.82, 2.24) is 20.2 Å². The van der Waals surface area contributed by atoms with Crippen molar-refractivity contribution >= 4 is 34.6 Å². The van der Waals surface area contributed by atoms with Crippen LogP contribution in [0.2, 0.25) is 0 Å². The zero-order valence-corrected chi connectivity index (χ0v) is 15.4. The molecule has 2 rings (SSSR count). The van der Waals surface area contributed by atoms with Gasteiger partial charge >= 0.3 is 6.03 Å². The molecule has 0 radical (unpaired) electrons. The Morgan fingerprint density at radius 1 is 1.28 bits per heavy atom. The van der Waals surface area contributed by atoms with Gasteiger partial charge in [-0.25, -0.2) is 9.78 Å². The van der Waals surface area contributed by atoms with Crippen molar-refractivity contribution < 1.29 is 9.59 Å². The van der Waals surface area contributed by atoms with Crippen molar-refractivity contribution in [1.29, 1.82) is 0 Å². The van der Waals surface area contributed by atoms with Crippen LogP contribution in [0, 0.1) is 0 Å². The van der Waals surface area contributed by atoms with E-state index in [9.17, 15) is 14.4 Å².